The number of Topliss-reactive ketones (excluding diaryl/α,β-unsaturated/α-hetero) is 1. The summed E-state index contributed by atoms with van der Waals surface area (Å²) in [5, 5.41) is 12.4. The zero-order chi connectivity index (χ0) is 24.6. The van der Waals surface area contributed by atoms with Crippen LogP contribution in [0.15, 0.2) is 66.7 Å². The molecule has 0 saturated heterocycles. The third-order valence-corrected chi connectivity index (χ3v) is 5.65. The minimum atomic E-state index is -0.883. The van der Waals surface area contributed by atoms with E-state index in [0.29, 0.717) is 10.0 Å². The summed E-state index contributed by atoms with van der Waals surface area (Å²) in [5.41, 5.74) is -0.107. The number of ketones is 1. The molecule has 0 bridgehead atoms. The van der Waals surface area contributed by atoms with E-state index >= 15 is 0 Å². The number of carbonyl (C=O) groups excluding carboxylic acids is 4. The van der Waals surface area contributed by atoms with Crippen molar-refractivity contribution in [2.75, 3.05) is 6.54 Å². The lowest BCUT2D eigenvalue weighted by Gasteiger charge is -2.29. The predicted octanol–water partition coefficient (Wildman–Crippen LogP) is 4.44. The van der Waals surface area contributed by atoms with Gasteiger partial charge in [-0.25, -0.2) is 5.01 Å². The van der Waals surface area contributed by atoms with Gasteiger partial charge in [0.15, 0.2) is 5.78 Å². The lowest BCUT2D eigenvalue weighted by molar-refractivity contribution is -0.384. The van der Waals surface area contributed by atoms with Crippen molar-refractivity contribution < 1.29 is 24.1 Å². The quantitative estimate of drug-likeness (QED) is 0.215. The van der Waals surface area contributed by atoms with Gasteiger partial charge >= 0.3 is 0 Å². The van der Waals surface area contributed by atoms with Crippen LogP contribution in [0.1, 0.15) is 41.4 Å². The molecule has 0 fully saturated rings. The second-order valence-corrected chi connectivity index (χ2v) is 8.03. The molecule has 0 unspecified atom stereocenters. The van der Waals surface area contributed by atoms with Gasteiger partial charge in [0.25, 0.3) is 23.4 Å². The fraction of sp³-hybridized carbons (Fsp3) is 0.0435. The summed E-state index contributed by atoms with van der Waals surface area (Å²) in [4.78, 5) is 62.7. The summed E-state index contributed by atoms with van der Waals surface area (Å²) in [7, 11) is 0. The summed E-state index contributed by atoms with van der Waals surface area (Å²) in [6, 6.07) is 14.8. The van der Waals surface area contributed by atoms with Crippen LogP contribution in [0.2, 0.25) is 10.0 Å². The van der Waals surface area contributed by atoms with Crippen LogP contribution in [-0.2, 0) is 0 Å². The molecule has 3 aromatic rings. The molecule has 3 aromatic carbocycles. The number of fused-ring (bicyclic) bond motifs is 1. The van der Waals surface area contributed by atoms with Crippen LogP contribution in [0.3, 0.4) is 0 Å². The smallest absolute Gasteiger partial charge is 0.280 e. The van der Waals surface area contributed by atoms with Crippen LogP contribution >= 0.6 is 23.2 Å². The number of hydrazine groups is 1. The number of amides is 3. The summed E-state index contributed by atoms with van der Waals surface area (Å²) in [6.45, 7) is -0.707. The molecule has 0 saturated carbocycles. The van der Waals surface area contributed by atoms with Gasteiger partial charge in [0, 0.05) is 22.7 Å². The number of hydrogen-bond donors (Lipinski definition) is 0. The summed E-state index contributed by atoms with van der Waals surface area (Å²) in [6.07, 6.45) is 0. The van der Waals surface area contributed by atoms with Crippen LogP contribution in [0.25, 0.3) is 0 Å². The van der Waals surface area contributed by atoms with Gasteiger partial charge in [-0.3, -0.25) is 29.3 Å². The first-order chi connectivity index (χ1) is 16.2. The predicted molar refractivity (Wildman–Crippen MR) is 122 cm³/mol. The SMILES string of the molecule is O=C(CN(C(=O)c1ccc(Cl)cc1Cl)N1C(=O)c2ccccc2C1=O)c1ccc([N+](=O)[O-])cc1. The molecule has 0 spiro atoms. The highest BCUT2D eigenvalue weighted by molar-refractivity contribution is 6.37. The van der Waals surface area contributed by atoms with Crippen LogP contribution in [0.5, 0.6) is 0 Å². The number of nitro groups is 1. The van der Waals surface area contributed by atoms with Crippen molar-refractivity contribution in [3.8, 4) is 0 Å². The average Bonchev–Trinajstić information content (AvgIpc) is 3.07. The molecule has 0 aromatic heterocycles. The number of nitro benzene ring substituents is 1. The van der Waals surface area contributed by atoms with Crippen LogP contribution in [0, 0.1) is 10.1 Å². The van der Waals surface area contributed by atoms with Crippen LogP contribution in [0.4, 0.5) is 5.69 Å². The lowest BCUT2D eigenvalue weighted by atomic mass is 10.1. The monoisotopic (exact) mass is 497 g/mol. The molecule has 4 rings (SSSR count). The summed E-state index contributed by atoms with van der Waals surface area (Å²) in [5.74, 6) is -3.11. The van der Waals surface area contributed by atoms with Gasteiger partial charge in [0.05, 0.1) is 26.6 Å². The topological polar surface area (TPSA) is 118 Å². The zero-order valence-electron chi connectivity index (χ0n) is 17.1. The highest BCUT2D eigenvalue weighted by atomic mass is 35.5. The van der Waals surface area contributed by atoms with Crippen molar-refractivity contribution in [3.63, 3.8) is 0 Å². The zero-order valence-corrected chi connectivity index (χ0v) is 18.6. The minimum Gasteiger partial charge on any atom is -0.292 e. The van der Waals surface area contributed by atoms with Crippen molar-refractivity contribution in [3.05, 3.63) is 109 Å². The molecule has 0 aliphatic carbocycles. The number of nitrogens with zero attached hydrogens (tertiary/aromatic N) is 3. The maximum absolute atomic E-state index is 13.4. The normalized spacial score (nSPS) is 12.5. The Morgan fingerprint density at radius 3 is 2.03 bits per heavy atom. The first-order valence-electron chi connectivity index (χ1n) is 9.71. The van der Waals surface area contributed by atoms with Crippen LogP contribution in [-0.4, -0.2) is 45.0 Å². The molecule has 9 nitrogen and oxygen atoms in total. The van der Waals surface area contributed by atoms with E-state index in [1.165, 1.54) is 42.5 Å². The van der Waals surface area contributed by atoms with Crippen LogP contribution < -0.4 is 0 Å². The Kier molecular flexibility index (Phi) is 6.14. The number of imide groups is 1. The highest BCUT2D eigenvalue weighted by Gasteiger charge is 2.42. The number of halogens is 2. The summed E-state index contributed by atoms with van der Waals surface area (Å²) >= 11 is 12.1. The minimum absolute atomic E-state index is 0.0399. The molecular formula is C23H13Cl2N3O6. The molecule has 0 N–H and O–H groups in total. The molecule has 3 amide bonds. The summed E-state index contributed by atoms with van der Waals surface area (Å²) < 4.78 is 0. The molecule has 170 valence electrons. The van der Waals surface area contributed by atoms with E-state index in [9.17, 15) is 29.3 Å². The van der Waals surface area contributed by atoms with Gasteiger partial charge < -0.3 is 0 Å². The van der Waals surface area contributed by atoms with Crippen molar-refractivity contribution >= 4 is 52.4 Å². The van der Waals surface area contributed by atoms with Gasteiger partial charge in [0.1, 0.15) is 6.54 Å². The Hall–Kier alpha value is -4.08. The van der Waals surface area contributed by atoms with E-state index in [4.69, 9.17) is 23.2 Å². The molecular weight excluding hydrogens is 485 g/mol. The van der Waals surface area contributed by atoms with E-state index in [0.717, 1.165) is 12.1 Å². The Balaban J connectivity index is 1.73. The molecule has 0 radical (unpaired) electrons. The number of benzene rings is 3. The van der Waals surface area contributed by atoms with Gasteiger partial charge in [-0.05, 0) is 42.5 Å². The second kappa shape index (κ2) is 9.05. The second-order valence-electron chi connectivity index (χ2n) is 7.18. The Bertz CT molecular complexity index is 1340. The first-order valence-corrected chi connectivity index (χ1v) is 10.5. The average molecular weight is 498 g/mol. The maximum Gasteiger partial charge on any atom is 0.280 e. The maximum atomic E-state index is 13.4. The van der Waals surface area contributed by atoms with E-state index in [-0.39, 0.29) is 38.0 Å². The van der Waals surface area contributed by atoms with Crippen molar-refractivity contribution in [1.82, 2.24) is 10.0 Å². The Labute approximate surface area is 202 Å². The third-order valence-electron chi connectivity index (χ3n) is 5.10. The van der Waals surface area contributed by atoms with Crippen molar-refractivity contribution in [2.24, 2.45) is 0 Å². The lowest BCUT2D eigenvalue weighted by Crippen LogP contribution is -2.51. The third kappa shape index (κ3) is 4.14. The van der Waals surface area contributed by atoms with Gasteiger partial charge in [-0.2, -0.15) is 5.01 Å². The van der Waals surface area contributed by atoms with E-state index in [1.807, 2.05) is 0 Å². The molecule has 11 heteroatoms. The first kappa shape index (κ1) is 23.1. The highest BCUT2D eigenvalue weighted by Crippen LogP contribution is 2.28. The van der Waals surface area contributed by atoms with Gasteiger partial charge in [-0.15, -0.1) is 0 Å². The van der Waals surface area contributed by atoms with E-state index in [2.05, 4.69) is 0 Å². The van der Waals surface area contributed by atoms with Gasteiger partial charge in [-0.1, -0.05) is 35.3 Å². The Morgan fingerprint density at radius 1 is 0.912 bits per heavy atom. The number of hydrogen-bond acceptors (Lipinski definition) is 6. The molecule has 1 heterocycles. The largest absolute Gasteiger partial charge is 0.292 e. The van der Waals surface area contributed by atoms with Crippen molar-refractivity contribution in [2.45, 2.75) is 0 Å². The number of rotatable bonds is 6. The molecule has 1 aliphatic heterocycles. The van der Waals surface area contributed by atoms with Gasteiger partial charge in [0.2, 0.25) is 0 Å². The fourth-order valence-corrected chi connectivity index (χ4v) is 3.92. The molecule has 1 aliphatic rings. The standard InChI is InChI=1S/C23H13Cl2N3O6/c24-14-7-10-18(19(25)11-14)21(30)26(12-20(29)13-5-8-15(9-6-13)28(33)34)27-22(31)16-3-1-2-4-17(16)23(27)32/h1-11H,12H2. The fourth-order valence-electron chi connectivity index (χ4n) is 3.43. The number of carbonyl (C=O) groups is 4. The van der Waals surface area contributed by atoms with Crippen molar-refractivity contribution in [1.29, 1.82) is 0 Å². The van der Waals surface area contributed by atoms with E-state index < -0.39 is 35.0 Å². The Morgan fingerprint density at radius 2 is 1.50 bits per heavy atom. The van der Waals surface area contributed by atoms with E-state index in [1.54, 1.807) is 12.1 Å². The number of non-ortho nitro benzene ring substituents is 1. The molecule has 0 atom stereocenters. The molecule has 34 heavy (non-hydrogen) atoms.